The first-order valence-corrected chi connectivity index (χ1v) is 7.08. The lowest BCUT2D eigenvalue weighted by Gasteiger charge is -2.12. The van der Waals surface area contributed by atoms with Crippen molar-refractivity contribution in [1.29, 1.82) is 0 Å². The van der Waals surface area contributed by atoms with Crippen molar-refractivity contribution in [2.75, 3.05) is 5.32 Å². The van der Waals surface area contributed by atoms with Crippen molar-refractivity contribution in [1.82, 2.24) is 10.2 Å². The van der Waals surface area contributed by atoms with Crippen molar-refractivity contribution < 1.29 is 4.79 Å². The van der Waals surface area contributed by atoms with Crippen molar-refractivity contribution in [3.8, 4) is 0 Å². The van der Waals surface area contributed by atoms with Gasteiger partial charge in [-0.2, -0.15) is 0 Å². The van der Waals surface area contributed by atoms with Crippen molar-refractivity contribution in [3.63, 3.8) is 0 Å². The number of carbonyl (C=O) groups is 1. The maximum Gasteiger partial charge on any atom is 0.229 e. The summed E-state index contributed by atoms with van der Waals surface area (Å²) in [4.78, 5) is 12.0. The average Bonchev–Trinajstić information content (AvgIpc) is 2.85. The van der Waals surface area contributed by atoms with Crippen molar-refractivity contribution in [2.45, 2.75) is 51.5 Å². The highest BCUT2D eigenvalue weighted by molar-refractivity contribution is 7.15. The molecule has 0 radical (unpaired) electrons. The zero-order chi connectivity index (χ0) is 13.3. The molecular weight excluding hydrogens is 248 g/mol. The normalized spacial score (nSPS) is 24.2. The van der Waals surface area contributed by atoms with Gasteiger partial charge in [-0.3, -0.25) is 4.79 Å². The van der Waals surface area contributed by atoms with Gasteiger partial charge in [-0.25, -0.2) is 0 Å². The second-order valence-corrected chi connectivity index (χ2v) is 6.90. The molecule has 18 heavy (non-hydrogen) atoms. The maximum atomic E-state index is 12.0. The summed E-state index contributed by atoms with van der Waals surface area (Å²) in [6.45, 7) is 6.24. The summed E-state index contributed by atoms with van der Waals surface area (Å²) < 4.78 is 0. The molecule has 0 aliphatic heterocycles. The predicted molar refractivity (Wildman–Crippen MR) is 72.6 cm³/mol. The van der Waals surface area contributed by atoms with Crippen LogP contribution in [0.4, 0.5) is 5.13 Å². The van der Waals surface area contributed by atoms with Gasteiger partial charge in [0.25, 0.3) is 0 Å². The van der Waals surface area contributed by atoms with E-state index in [4.69, 9.17) is 5.73 Å². The van der Waals surface area contributed by atoms with E-state index in [0.717, 1.165) is 24.3 Å². The number of nitrogens with zero attached hydrogens (tertiary/aromatic N) is 2. The first-order chi connectivity index (χ1) is 8.36. The van der Waals surface area contributed by atoms with Crippen LogP contribution < -0.4 is 11.1 Å². The molecule has 2 unspecified atom stereocenters. The minimum atomic E-state index is -0.0314. The van der Waals surface area contributed by atoms with Crippen molar-refractivity contribution in [2.24, 2.45) is 11.7 Å². The van der Waals surface area contributed by atoms with Gasteiger partial charge in [0.05, 0.1) is 0 Å². The Morgan fingerprint density at radius 2 is 2.11 bits per heavy atom. The molecule has 100 valence electrons. The van der Waals surface area contributed by atoms with E-state index in [2.05, 4.69) is 36.3 Å². The van der Waals surface area contributed by atoms with Crippen LogP contribution in [0.3, 0.4) is 0 Å². The molecule has 0 bridgehead atoms. The Morgan fingerprint density at radius 3 is 2.61 bits per heavy atom. The van der Waals surface area contributed by atoms with Crippen LogP contribution in [-0.4, -0.2) is 22.1 Å². The molecular formula is C12H20N4OS. The molecule has 1 saturated carbocycles. The molecule has 5 nitrogen and oxygen atoms in total. The van der Waals surface area contributed by atoms with E-state index in [1.807, 2.05) is 0 Å². The fourth-order valence-electron chi connectivity index (χ4n) is 2.04. The fourth-order valence-corrected chi connectivity index (χ4v) is 2.84. The number of nitrogens with one attached hydrogen (secondary N) is 1. The van der Waals surface area contributed by atoms with E-state index >= 15 is 0 Å². The molecule has 2 atom stereocenters. The first-order valence-electron chi connectivity index (χ1n) is 6.26. The summed E-state index contributed by atoms with van der Waals surface area (Å²) in [5.74, 6) is 0.0570. The fraction of sp³-hybridized carbons (Fsp3) is 0.750. The van der Waals surface area contributed by atoms with Gasteiger partial charge in [0, 0.05) is 17.4 Å². The van der Waals surface area contributed by atoms with E-state index in [-0.39, 0.29) is 23.3 Å². The molecule has 1 aliphatic rings. The predicted octanol–water partition coefficient (Wildman–Crippen LogP) is 1.90. The Morgan fingerprint density at radius 1 is 1.39 bits per heavy atom. The molecule has 0 aromatic carbocycles. The lowest BCUT2D eigenvalue weighted by atomic mass is 9.98. The average molecular weight is 268 g/mol. The number of aromatic nitrogens is 2. The molecule has 1 aromatic rings. The van der Waals surface area contributed by atoms with E-state index in [0.29, 0.717) is 5.13 Å². The number of nitrogens with two attached hydrogens (primary N) is 1. The van der Waals surface area contributed by atoms with Gasteiger partial charge < -0.3 is 11.1 Å². The largest absolute Gasteiger partial charge is 0.328 e. The van der Waals surface area contributed by atoms with Crippen LogP contribution in [0.25, 0.3) is 0 Å². The number of carbonyl (C=O) groups excluding carboxylic acids is 1. The van der Waals surface area contributed by atoms with Crippen molar-refractivity contribution in [3.05, 3.63) is 5.01 Å². The lowest BCUT2D eigenvalue weighted by Crippen LogP contribution is -2.23. The molecule has 0 spiro atoms. The summed E-state index contributed by atoms with van der Waals surface area (Å²) in [5.41, 5.74) is 5.78. The minimum Gasteiger partial charge on any atom is -0.328 e. The quantitative estimate of drug-likeness (QED) is 0.858. The Kier molecular flexibility index (Phi) is 3.68. The molecule has 3 N–H and O–H groups in total. The third-order valence-electron chi connectivity index (χ3n) is 3.14. The summed E-state index contributed by atoms with van der Waals surface area (Å²) in [6, 6.07) is 0.167. The molecule has 1 amide bonds. The van der Waals surface area contributed by atoms with Crippen LogP contribution in [-0.2, 0) is 10.2 Å². The standard InChI is InChI=1S/C12H20N4OS/c1-12(2,3)10-15-16-11(18-10)14-9(17)7-4-5-8(13)6-7/h7-8H,4-6,13H2,1-3H3,(H,14,16,17). The summed E-state index contributed by atoms with van der Waals surface area (Å²) in [5, 5.41) is 12.5. The second-order valence-electron chi connectivity index (χ2n) is 5.92. The topological polar surface area (TPSA) is 80.9 Å². The van der Waals surface area contributed by atoms with Gasteiger partial charge in [0.15, 0.2) is 0 Å². The maximum absolute atomic E-state index is 12.0. The molecule has 1 aromatic heterocycles. The van der Waals surface area contributed by atoms with Crippen LogP contribution in [0.2, 0.25) is 0 Å². The lowest BCUT2D eigenvalue weighted by molar-refractivity contribution is -0.119. The van der Waals surface area contributed by atoms with Crippen LogP contribution in [0.5, 0.6) is 0 Å². The Labute approximate surface area is 111 Å². The molecule has 1 aliphatic carbocycles. The number of hydrogen-bond acceptors (Lipinski definition) is 5. The smallest absolute Gasteiger partial charge is 0.229 e. The molecule has 1 fully saturated rings. The SMILES string of the molecule is CC(C)(C)c1nnc(NC(=O)C2CCC(N)C2)s1. The van der Waals surface area contributed by atoms with Gasteiger partial charge in [0.1, 0.15) is 5.01 Å². The number of anilines is 1. The zero-order valence-corrected chi connectivity index (χ0v) is 11.9. The summed E-state index contributed by atoms with van der Waals surface area (Å²) in [6.07, 6.45) is 2.58. The van der Waals surface area contributed by atoms with Crippen LogP contribution in [0, 0.1) is 5.92 Å². The van der Waals surface area contributed by atoms with E-state index in [1.165, 1.54) is 11.3 Å². The molecule has 0 saturated heterocycles. The molecule has 6 heteroatoms. The van der Waals surface area contributed by atoms with E-state index < -0.39 is 0 Å². The summed E-state index contributed by atoms with van der Waals surface area (Å²) >= 11 is 1.44. The highest BCUT2D eigenvalue weighted by atomic mass is 32.1. The molecule has 1 heterocycles. The third-order valence-corrected chi connectivity index (χ3v) is 4.41. The van der Waals surface area contributed by atoms with Gasteiger partial charge in [0.2, 0.25) is 11.0 Å². The van der Waals surface area contributed by atoms with Gasteiger partial charge in [-0.15, -0.1) is 10.2 Å². The Hall–Kier alpha value is -1.01. The third kappa shape index (κ3) is 3.05. The minimum absolute atomic E-state index is 0.0274. The zero-order valence-electron chi connectivity index (χ0n) is 11.1. The van der Waals surface area contributed by atoms with Gasteiger partial charge in [-0.1, -0.05) is 32.1 Å². The Bertz CT molecular complexity index is 438. The van der Waals surface area contributed by atoms with Gasteiger partial charge in [-0.05, 0) is 19.3 Å². The van der Waals surface area contributed by atoms with Crippen LogP contribution in [0.1, 0.15) is 45.0 Å². The monoisotopic (exact) mass is 268 g/mol. The summed E-state index contributed by atoms with van der Waals surface area (Å²) in [7, 11) is 0. The highest BCUT2D eigenvalue weighted by Gasteiger charge is 2.28. The second kappa shape index (κ2) is 4.93. The number of amides is 1. The number of hydrogen-bond donors (Lipinski definition) is 2. The van der Waals surface area contributed by atoms with E-state index in [1.54, 1.807) is 0 Å². The number of rotatable bonds is 2. The highest BCUT2D eigenvalue weighted by Crippen LogP contribution is 2.29. The van der Waals surface area contributed by atoms with Crippen molar-refractivity contribution >= 4 is 22.4 Å². The molecule has 2 rings (SSSR count). The van der Waals surface area contributed by atoms with E-state index in [9.17, 15) is 4.79 Å². The Balaban J connectivity index is 1.97. The van der Waals surface area contributed by atoms with Crippen LogP contribution in [0.15, 0.2) is 0 Å². The van der Waals surface area contributed by atoms with Crippen LogP contribution >= 0.6 is 11.3 Å². The first kappa shape index (κ1) is 13.4. The van der Waals surface area contributed by atoms with Gasteiger partial charge >= 0.3 is 0 Å².